The van der Waals surface area contributed by atoms with Crippen LogP contribution in [0.25, 0.3) is 11.3 Å². The molecule has 4 heterocycles. The molecule has 0 aliphatic carbocycles. The number of alkyl halides is 3. The summed E-state index contributed by atoms with van der Waals surface area (Å²) in [5.41, 5.74) is 2.33. The number of halogens is 3. The number of cyclic esters (lactones) is 1. The van der Waals surface area contributed by atoms with Crippen LogP contribution in [0.2, 0.25) is 0 Å². The number of amides is 1. The Bertz CT molecular complexity index is 1030. The minimum absolute atomic E-state index is 0.137. The van der Waals surface area contributed by atoms with Crippen molar-refractivity contribution in [3.8, 4) is 11.3 Å². The number of aliphatic hydroxyl groups excluding tert-OH is 1. The molecule has 172 valence electrons. The maximum absolute atomic E-state index is 13.7. The molecule has 0 aromatic carbocycles. The van der Waals surface area contributed by atoms with Crippen LogP contribution in [0.15, 0.2) is 12.3 Å². The van der Waals surface area contributed by atoms with E-state index in [4.69, 9.17) is 15.2 Å². The fraction of sp³-hybridized carbons (Fsp3) is 0.500. The van der Waals surface area contributed by atoms with Gasteiger partial charge in [0.1, 0.15) is 18.0 Å². The third-order valence-electron chi connectivity index (χ3n) is 5.16. The molecule has 2 aliphatic heterocycles. The van der Waals surface area contributed by atoms with Gasteiger partial charge in [-0.3, -0.25) is 0 Å². The van der Waals surface area contributed by atoms with Crippen LogP contribution in [0, 0.1) is 0 Å². The maximum Gasteiger partial charge on any atom is 0.434 e. The first-order valence-electron chi connectivity index (χ1n) is 9.62. The van der Waals surface area contributed by atoms with Gasteiger partial charge in [0, 0.05) is 30.9 Å². The number of aromatic nitrogens is 4. The van der Waals surface area contributed by atoms with Gasteiger partial charge in [-0.2, -0.15) is 18.2 Å². The number of hydrogen-bond donors (Lipinski definition) is 2. The van der Waals surface area contributed by atoms with Crippen LogP contribution in [0.3, 0.4) is 0 Å². The standard InChI is InChI=1S/C18H20F3N7O4/c1-17(8-29)9-32-16(30)28(17)15-24-11(6-12(25-15)27-2-4-31-5-3-27)10-7-23-14(22)26-13(10)18(19,20)21/h6-7,29H,2-5,8-9H2,1H3,(H2,22,23,26)/t17-/m0/s1. The Kier molecular flexibility index (Phi) is 5.50. The summed E-state index contributed by atoms with van der Waals surface area (Å²) in [6.07, 6.45) is -4.73. The largest absolute Gasteiger partial charge is 0.446 e. The molecule has 4 rings (SSSR count). The molecule has 1 atom stereocenters. The number of rotatable bonds is 4. The zero-order chi connectivity index (χ0) is 23.1. The summed E-state index contributed by atoms with van der Waals surface area (Å²) < 4.78 is 51.4. The number of nitrogen functional groups attached to an aromatic ring is 1. The first-order valence-corrected chi connectivity index (χ1v) is 9.62. The first kappa shape index (κ1) is 22.0. The van der Waals surface area contributed by atoms with Crippen LogP contribution in [-0.4, -0.2) is 76.2 Å². The van der Waals surface area contributed by atoms with Gasteiger partial charge in [-0.15, -0.1) is 0 Å². The van der Waals surface area contributed by atoms with Gasteiger partial charge < -0.3 is 25.2 Å². The van der Waals surface area contributed by atoms with Gasteiger partial charge in [-0.1, -0.05) is 0 Å². The second-order valence-electron chi connectivity index (χ2n) is 7.54. The van der Waals surface area contributed by atoms with Crippen LogP contribution in [0.5, 0.6) is 0 Å². The average molecular weight is 455 g/mol. The lowest BCUT2D eigenvalue weighted by atomic mass is 10.0. The average Bonchev–Trinajstić information content (AvgIpc) is 3.08. The number of morpholine rings is 1. The second-order valence-corrected chi connectivity index (χ2v) is 7.54. The lowest BCUT2D eigenvalue weighted by Crippen LogP contribution is -2.49. The summed E-state index contributed by atoms with van der Waals surface area (Å²) in [5, 5.41) is 9.82. The van der Waals surface area contributed by atoms with Crippen molar-refractivity contribution >= 4 is 23.8 Å². The molecule has 3 N–H and O–H groups in total. The van der Waals surface area contributed by atoms with Gasteiger partial charge in [-0.05, 0) is 6.92 Å². The van der Waals surface area contributed by atoms with E-state index in [1.165, 1.54) is 6.07 Å². The van der Waals surface area contributed by atoms with Crippen molar-refractivity contribution in [2.45, 2.75) is 18.6 Å². The van der Waals surface area contributed by atoms with Gasteiger partial charge in [0.15, 0.2) is 5.69 Å². The van der Waals surface area contributed by atoms with E-state index < -0.39 is 41.6 Å². The molecule has 0 bridgehead atoms. The topological polar surface area (TPSA) is 140 Å². The van der Waals surface area contributed by atoms with Gasteiger partial charge in [0.05, 0.1) is 25.5 Å². The molecule has 14 heteroatoms. The molecule has 0 unspecified atom stereocenters. The monoisotopic (exact) mass is 455 g/mol. The van der Waals surface area contributed by atoms with Crippen LogP contribution in [0.4, 0.5) is 35.7 Å². The van der Waals surface area contributed by atoms with Crippen molar-refractivity contribution in [3.05, 3.63) is 18.0 Å². The van der Waals surface area contributed by atoms with Crippen molar-refractivity contribution in [2.75, 3.05) is 55.1 Å². The zero-order valence-electron chi connectivity index (χ0n) is 17.0. The lowest BCUT2D eigenvalue weighted by Gasteiger charge is -2.31. The number of anilines is 3. The molecule has 2 aliphatic rings. The lowest BCUT2D eigenvalue weighted by molar-refractivity contribution is -0.140. The predicted octanol–water partition coefficient (Wildman–Crippen LogP) is 1.08. The van der Waals surface area contributed by atoms with E-state index in [0.29, 0.717) is 26.3 Å². The van der Waals surface area contributed by atoms with E-state index >= 15 is 0 Å². The number of carbonyl (C=O) groups is 1. The minimum atomic E-state index is -4.83. The minimum Gasteiger partial charge on any atom is -0.446 e. The molecule has 1 amide bonds. The normalized spacial score (nSPS) is 21.7. The summed E-state index contributed by atoms with van der Waals surface area (Å²) in [5.74, 6) is -0.481. The molecule has 2 fully saturated rings. The van der Waals surface area contributed by atoms with Crippen LogP contribution < -0.4 is 15.5 Å². The number of hydrogen-bond acceptors (Lipinski definition) is 10. The van der Waals surface area contributed by atoms with Crippen molar-refractivity contribution in [1.29, 1.82) is 0 Å². The van der Waals surface area contributed by atoms with Crippen LogP contribution in [-0.2, 0) is 15.7 Å². The number of nitrogens with zero attached hydrogens (tertiary/aromatic N) is 6. The Hall–Kier alpha value is -3.26. The fourth-order valence-electron chi connectivity index (χ4n) is 3.42. The summed E-state index contributed by atoms with van der Waals surface area (Å²) in [6.45, 7) is 2.60. The highest BCUT2D eigenvalue weighted by molar-refractivity contribution is 5.90. The van der Waals surface area contributed by atoms with E-state index in [1.807, 2.05) is 0 Å². The quantitative estimate of drug-likeness (QED) is 0.688. The molecule has 2 aromatic heterocycles. The summed E-state index contributed by atoms with van der Waals surface area (Å²) in [6, 6.07) is 1.36. The first-order chi connectivity index (χ1) is 15.1. The predicted molar refractivity (Wildman–Crippen MR) is 105 cm³/mol. The van der Waals surface area contributed by atoms with Gasteiger partial charge in [0.25, 0.3) is 0 Å². The smallest absolute Gasteiger partial charge is 0.434 e. The molecule has 2 saturated heterocycles. The van der Waals surface area contributed by atoms with Crippen molar-refractivity contribution < 1.29 is 32.5 Å². The maximum atomic E-state index is 13.7. The highest BCUT2D eigenvalue weighted by Crippen LogP contribution is 2.37. The summed E-state index contributed by atoms with van der Waals surface area (Å²) >= 11 is 0. The highest BCUT2D eigenvalue weighted by Gasteiger charge is 2.46. The van der Waals surface area contributed by atoms with Crippen LogP contribution in [0.1, 0.15) is 12.6 Å². The van der Waals surface area contributed by atoms with Crippen molar-refractivity contribution in [2.24, 2.45) is 0 Å². The molecule has 0 saturated carbocycles. The van der Waals surface area contributed by atoms with E-state index in [0.717, 1.165) is 11.1 Å². The zero-order valence-corrected chi connectivity index (χ0v) is 17.0. The van der Waals surface area contributed by atoms with Gasteiger partial charge in [0.2, 0.25) is 11.9 Å². The Labute approximate surface area is 180 Å². The van der Waals surface area contributed by atoms with Gasteiger partial charge >= 0.3 is 12.3 Å². The number of ether oxygens (including phenoxy) is 2. The number of nitrogens with two attached hydrogens (primary N) is 1. The number of carbonyl (C=O) groups excluding carboxylic acids is 1. The molecule has 0 radical (unpaired) electrons. The van der Waals surface area contributed by atoms with Crippen molar-refractivity contribution in [3.63, 3.8) is 0 Å². The highest BCUT2D eigenvalue weighted by atomic mass is 19.4. The Morgan fingerprint density at radius 3 is 2.62 bits per heavy atom. The van der Waals surface area contributed by atoms with E-state index in [9.17, 15) is 23.1 Å². The third kappa shape index (κ3) is 3.98. The Morgan fingerprint density at radius 1 is 1.25 bits per heavy atom. The molecule has 2 aromatic rings. The van der Waals surface area contributed by atoms with E-state index in [1.54, 1.807) is 11.8 Å². The molecule has 0 spiro atoms. The third-order valence-corrected chi connectivity index (χ3v) is 5.16. The fourth-order valence-corrected chi connectivity index (χ4v) is 3.42. The Balaban J connectivity index is 1.90. The SMILES string of the molecule is C[C@]1(CO)COC(=O)N1c1nc(-c2cnc(N)nc2C(F)(F)F)cc(N2CCOCC2)n1. The summed E-state index contributed by atoms with van der Waals surface area (Å²) in [4.78, 5) is 30.9. The van der Waals surface area contributed by atoms with E-state index in [2.05, 4.69) is 19.9 Å². The summed E-state index contributed by atoms with van der Waals surface area (Å²) in [7, 11) is 0. The molecule has 32 heavy (non-hydrogen) atoms. The van der Waals surface area contributed by atoms with Gasteiger partial charge in [-0.25, -0.2) is 24.6 Å². The molecular weight excluding hydrogens is 435 g/mol. The molecule has 11 nitrogen and oxygen atoms in total. The van der Waals surface area contributed by atoms with Crippen molar-refractivity contribution in [1.82, 2.24) is 19.9 Å². The van der Waals surface area contributed by atoms with E-state index in [-0.39, 0.29) is 24.1 Å². The molecular formula is C18H20F3N7O4. The Morgan fingerprint density at radius 2 is 1.97 bits per heavy atom. The van der Waals surface area contributed by atoms with Crippen LogP contribution >= 0.6 is 0 Å². The second kappa shape index (κ2) is 8.02. The number of aliphatic hydroxyl groups is 1.